The van der Waals surface area contributed by atoms with Gasteiger partial charge in [-0.1, -0.05) is 18.3 Å². The number of sulfone groups is 1. The summed E-state index contributed by atoms with van der Waals surface area (Å²) in [4.78, 5) is 0. The van der Waals surface area contributed by atoms with Gasteiger partial charge in [0.15, 0.2) is 0 Å². The molecule has 17 heavy (non-hydrogen) atoms. The van der Waals surface area contributed by atoms with Gasteiger partial charge in [0.25, 0.3) is 0 Å². The van der Waals surface area contributed by atoms with Gasteiger partial charge in [-0.25, -0.2) is 8.42 Å². The zero-order valence-electron chi connectivity index (χ0n) is 9.80. The molecule has 0 spiro atoms. The molecule has 10 heteroatoms. The van der Waals surface area contributed by atoms with Gasteiger partial charge in [0.2, 0.25) is 14.2 Å². The molecule has 0 bridgehead atoms. The SMILES string of the molecule is CCN.Cc1nnc(S(=O)(=O)CCN)s1.O.S. The predicted octanol–water partition coefficient (Wildman–Crippen LogP) is -1.17. The van der Waals surface area contributed by atoms with Gasteiger partial charge in [0.05, 0.1) is 5.75 Å². The van der Waals surface area contributed by atoms with Crippen LogP contribution in [0.3, 0.4) is 0 Å². The van der Waals surface area contributed by atoms with Gasteiger partial charge in [0.1, 0.15) is 5.01 Å². The van der Waals surface area contributed by atoms with Gasteiger partial charge >= 0.3 is 0 Å². The van der Waals surface area contributed by atoms with Crippen LogP contribution in [-0.2, 0) is 9.84 Å². The summed E-state index contributed by atoms with van der Waals surface area (Å²) in [5.74, 6) is -0.0678. The van der Waals surface area contributed by atoms with E-state index in [1.54, 1.807) is 6.92 Å². The highest BCUT2D eigenvalue weighted by Crippen LogP contribution is 2.15. The Balaban J connectivity index is -0.000000356. The first-order valence-electron chi connectivity index (χ1n) is 4.41. The smallest absolute Gasteiger partial charge is 0.232 e. The molecule has 0 aromatic carbocycles. The zero-order valence-corrected chi connectivity index (χ0v) is 12.4. The molecule has 0 unspecified atom stereocenters. The number of hydrogen-bond donors (Lipinski definition) is 2. The molecule has 6 N–H and O–H groups in total. The molecule has 1 aromatic heterocycles. The average molecular weight is 304 g/mol. The van der Waals surface area contributed by atoms with Crippen LogP contribution in [0.25, 0.3) is 0 Å². The Morgan fingerprint density at radius 2 is 1.76 bits per heavy atom. The molecular weight excluding hydrogens is 284 g/mol. The molecule has 1 rings (SSSR count). The quantitative estimate of drug-likeness (QED) is 0.720. The standard InChI is InChI=1S/C5H9N3O2S2.C2H7N.H2O.H2S/c1-4-7-8-5(11-4)12(9,10)3-2-6;1-2-3;;/h2-3,6H2,1H3;2-3H2,1H3;2*1H2. The van der Waals surface area contributed by atoms with E-state index >= 15 is 0 Å². The fraction of sp³-hybridized carbons (Fsp3) is 0.714. The number of rotatable bonds is 3. The Morgan fingerprint density at radius 1 is 1.29 bits per heavy atom. The third-order valence-electron chi connectivity index (χ3n) is 1.16. The van der Waals surface area contributed by atoms with Crippen molar-refractivity contribution in [3.63, 3.8) is 0 Å². The molecule has 1 aromatic rings. The molecule has 0 radical (unpaired) electrons. The van der Waals surface area contributed by atoms with Crippen LogP contribution >= 0.6 is 24.8 Å². The minimum atomic E-state index is -3.27. The summed E-state index contributed by atoms with van der Waals surface area (Å²) in [5.41, 5.74) is 9.98. The highest BCUT2D eigenvalue weighted by Gasteiger charge is 2.17. The van der Waals surface area contributed by atoms with Crippen LogP contribution < -0.4 is 11.5 Å². The number of nitrogens with zero attached hydrogens (tertiary/aromatic N) is 2. The molecule has 0 saturated heterocycles. The van der Waals surface area contributed by atoms with Crippen molar-refractivity contribution < 1.29 is 13.9 Å². The lowest BCUT2D eigenvalue weighted by Crippen LogP contribution is -2.15. The van der Waals surface area contributed by atoms with E-state index in [2.05, 4.69) is 10.2 Å². The number of aromatic nitrogens is 2. The maximum atomic E-state index is 11.3. The Labute approximate surface area is 112 Å². The lowest BCUT2D eigenvalue weighted by Gasteiger charge is -1.94. The number of nitrogens with two attached hydrogens (primary N) is 2. The maximum Gasteiger partial charge on any atom is 0.232 e. The molecule has 0 aliphatic carbocycles. The van der Waals surface area contributed by atoms with Gasteiger partial charge in [-0.15, -0.1) is 10.2 Å². The molecule has 0 aliphatic heterocycles. The van der Waals surface area contributed by atoms with Crippen LogP contribution in [0.5, 0.6) is 0 Å². The van der Waals surface area contributed by atoms with Gasteiger partial charge < -0.3 is 16.9 Å². The van der Waals surface area contributed by atoms with E-state index in [0.29, 0.717) is 5.01 Å². The number of aryl methyl sites for hydroxylation is 1. The van der Waals surface area contributed by atoms with Crippen LogP contribution in [0.4, 0.5) is 0 Å². The first kappa shape index (κ1) is 22.0. The molecule has 1 heterocycles. The molecule has 0 atom stereocenters. The molecule has 104 valence electrons. The van der Waals surface area contributed by atoms with Crippen molar-refractivity contribution in [1.29, 1.82) is 0 Å². The number of hydrogen-bond acceptors (Lipinski definition) is 7. The molecular formula is C7H20N4O3S3. The monoisotopic (exact) mass is 304 g/mol. The zero-order chi connectivity index (χ0) is 11.9. The summed E-state index contributed by atoms with van der Waals surface area (Å²) >= 11 is 1.07. The second-order valence-electron chi connectivity index (χ2n) is 2.60. The second kappa shape index (κ2) is 10.9. The van der Waals surface area contributed by atoms with Gasteiger partial charge in [-0.3, -0.25) is 0 Å². The molecule has 0 aliphatic rings. The molecule has 0 fully saturated rings. The molecule has 0 amide bonds. The van der Waals surface area contributed by atoms with E-state index < -0.39 is 9.84 Å². The van der Waals surface area contributed by atoms with Crippen molar-refractivity contribution in [2.75, 3.05) is 18.8 Å². The van der Waals surface area contributed by atoms with Crippen molar-refractivity contribution in [1.82, 2.24) is 10.2 Å². The summed E-state index contributed by atoms with van der Waals surface area (Å²) < 4.78 is 22.6. The van der Waals surface area contributed by atoms with Crippen LogP contribution in [0.1, 0.15) is 11.9 Å². The summed E-state index contributed by atoms with van der Waals surface area (Å²) in [6, 6.07) is 0. The average Bonchev–Trinajstić information content (AvgIpc) is 2.53. The summed E-state index contributed by atoms with van der Waals surface area (Å²) in [5, 5.41) is 7.79. The highest BCUT2D eigenvalue weighted by molar-refractivity contribution is 7.93. The Morgan fingerprint density at radius 3 is 2.06 bits per heavy atom. The third-order valence-corrected chi connectivity index (χ3v) is 4.19. The molecule has 0 saturated carbocycles. The topological polar surface area (TPSA) is 143 Å². The van der Waals surface area contributed by atoms with Crippen LogP contribution in [0, 0.1) is 6.92 Å². The van der Waals surface area contributed by atoms with E-state index in [0.717, 1.165) is 17.9 Å². The van der Waals surface area contributed by atoms with E-state index in [4.69, 9.17) is 11.5 Å². The Kier molecular flexibility index (Phi) is 14.0. The minimum Gasteiger partial charge on any atom is -0.412 e. The van der Waals surface area contributed by atoms with Crippen LogP contribution in [-0.4, -0.2) is 42.9 Å². The molecule has 7 nitrogen and oxygen atoms in total. The van der Waals surface area contributed by atoms with Crippen molar-refractivity contribution in [3.8, 4) is 0 Å². The summed E-state index contributed by atoms with van der Waals surface area (Å²) in [7, 11) is -3.27. The van der Waals surface area contributed by atoms with E-state index in [1.165, 1.54) is 0 Å². The predicted molar refractivity (Wildman–Crippen MR) is 74.5 cm³/mol. The maximum absolute atomic E-state index is 11.3. The lowest BCUT2D eigenvalue weighted by atomic mass is 10.8. The van der Waals surface area contributed by atoms with Crippen molar-refractivity contribution in [3.05, 3.63) is 5.01 Å². The van der Waals surface area contributed by atoms with Crippen LogP contribution in [0.2, 0.25) is 0 Å². The van der Waals surface area contributed by atoms with Crippen LogP contribution in [0.15, 0.2) is 4.34 Å². The fourth-order valence-corrected chi connectivity index (χ4v) is 2.83. The summed E-state index contributed by atoms with van der Waals surface area (Å²) in [6.45, 7) is 4.47. The van der Waals surface area contributed by atoms with Gasteiger partial charge in [0, 0.05) is 6.54 Å². The first-order chi connectivity index (χ1) is 6.97. The van der Waals surface area contributed by atoms with E-state index in [-0.39, 0.29) is 35.6 Å². The van der Waals surface area contributed by atoms with Crippen molar-refractivity contribution in [2.24, 2.45) is 11.5 Å². The first-order valence-corrected chi connectivity index (χ1v) is 6.87. The fourth-order valence-electron chi connectivity index (χ4n) is 0.647. The Bertz CT molecular complexity index is 379. The Hall–Kier alpha value is -0.260. The normalized spacial score (nSPS) is 9.41. The largest absolute Gasteiger partial charge is 0.412 e. The highest BCUT2D eigenvalue weighted by atomic mass is 32.2. The van der Waals surface area contributed by atoms with Gasteiger partial charge in [-0.2, -0.15) is 13.5 Å². The lowest BCUT2D eigenvalue weighted by molar-refractivity contribution is 0.594. The van der Waals surface area contributed by atoms with E-state index in [1.807, 2.05) is 6.92 Å². The summed E-state index contributed by atoms with van der Waals surface area (Å²) in [6.07, 6.45) is 0. The van der Waals surface area contributed by atoms with E-state index in [9.17, 15) is 8.42 Å². The second-order valence-corrected chi connectivity index (χ2v) is 6.07. The van der Waals surface area contributed by atoms with Crippen molar-refractivity contribution in [2.45, 2.75) is 18.2 Å². The van der Waals surface area contributed by atoms with Gasteiger partial charge in [-0.05, 0) is 13.5 Å². The van der Waals surface area contributed by atoms with Crippen molar-refractivity contribution >= 4 is 34.7 Å². The third kappa shape index (κ3) is 8.46. The minimum absolute atomic E-state index is 0.